The highest BCUT2D eigenvalue weighted by molar-refractivity contribution is 9.10. The highest BCUT2D eigenvalue weighted by Crippen LogP contribution is 2.44. The Morgan fingerprint density at radius 1 is 1.48 bits per heavy atom. The van der Waals surface area contributed by atoms with Gasteiger partial charge in [0.15, 0.2) is 0 Å². The fourth-order valence-corrected chi connectivity index (χ4v) is 3.73. The van der Waals surface area contributed by atoms with Gasteiger partial charge in [-0.1, -0.05) is 23.8 Å². The number of hydrogen-bond acceptors (Lipinski definition) is 3. The zero-order valence-corrected chi connectivity index (χ0v) is 13.9. The first-order valence-electron chi connectivity index (χ1n) is 7.09. The molecular weight excluding hydrogens is 332 g/mol. The summed E-state index contributed by atoms with van der Waals surface area (Å²) in [4.78, 5) is 0. The van der Waals surface area contributed by atoms with E-state index in [1.165, 1.54) is 5.56 Å². The van der Waals surface area contributed by atoms with Crippen LogP contribution in [0.5, 0.6) is 0 Å². The average Bonchev–Trinajstić information content (AvgIpc) is 2.99. The van der Waals surface area contributed by atoms with E-state index in [0.29, 0.717) is 19.6 Å². The van der Waals surface area contributed by atoms with Crippen LogP contribution in [-0.2, 0) is 23.3 Å². The van der Waals surface area contributed by atoms with Gasteiger partial charge in [-0.05, 0) is 46.8 Å². The quantitative estimate of drug-likeness (QED) is 0.922. The number of halogens is 1. The fraction of sp³-hybridized carbons (Fsp3) is 0.438. The standard InChI is InChI=1S/C16H19BrN2O2/c1-11-3-4-12-5-6-16(20,13(12)9-11)15-14(17)10-18-19(15)7-8-21-2/h3-4,9-10,20H,5-8H2,1-2H3. The molecule has 1 aromatic carbocycles. The Morgan fingerprint density at radius 3 is 3.05 bits per heavy atom. The zero-order chi connectivity index (χ0) is 15.0. The third kappa shape index (κ3) is 2.43. The predicted octanol–water partition coefficient (Wildman–Crippen LogP) is 2.78. The van der Waals surface area contributed by atoms with Gasteiger partial charge in [0.05, 0.1) is 29.5 Å². The second-order valence-corrected chi connectivity index (χ2v) is 6.43. The molecule has 0 saturated carbocycles. The van der Waals surface area contributed by atoms with Crippen LogP contribution in [0.25, 0.3) is 0 Å². The average molecular weight is 351 g/mol. The summed E-state index contributed by atoms with van der Waals surface area (Å²) in [6, 6.07) is 6.30. The van der Waals surface area contributed by atoms with Crippen molar-refractivity contribution in [1.29, 1.82) is 0 Å². The highest BCUT2D eigenvalue weighted by Gasteiger charge is 2.42. The highest BCUT2D eigenvalue weighted by atomic mass is 79.9. The van der Waals surface area contributed by atoms with Crippen molar-refractivity contribution in [2.24, 2.45) is 0 Å². The van der Waals surface area contributed by atoms with E-state index in [0.717, 1.165) is 27.7 Å². The number of aliphatic hydroxyl groups is 1. The van der Waals surface area contributed by atoms with Crippen LogP contribution < -0.4 is 0 Å². The molecule has 3 rings (SSSR count). The number of aryl methyl sites for hydroxylation is 2. The van der Waals surface area contributed by atoms with Crippen LogP contribution in [0.4, 0.5) is 0 Å². The Hall–Kier alpha value is -1.17. The molecule has 1 aliphatic carbocycles. The summed E-state index contributed by atoms with van der Waals surface area (Å²) in [5, 5.41) is 15.7. The van der Waals surface area contributed by atoms with Crippen LogP contribution in [-0.4, -0.2) is 28.6 Å². The molecule has 1 aliphatic rings. The fourth-order valence-electron chi connectivity index (χ4n) is 3.11. The smallest absolute Gasteiger partial charge is 0.133 e. The molecule has 21 heavy (non-hydrogen) atoms. The largest absolute Gasteiger partial charge is 0.383 e. The molecule has 5 heteroatoms. The van der Waals surface area contributed by atoms with Gasteiger partial charge >= 0.3 is 0 Å². The first-order chi connectivity index (χ1) is 10.1. The van der Waals surface area contributed by atoms with Crippen LogP contribution in [0.3, 0.4) is 0 Å². The van der Waals surface area contributed by atoms with Crippen molar-refractivity contribution in [1.82, 2.24) is 9.78 Å². The number of aromatic nitrogens is 2. The third-order valence-corrected chi connectivity index (χ3v) is 4.74. The van der Waals surface area contributed by atoms with E-state index in [-0.39, 0.29) is 0 Å². The van der Waals surface area contributed by atoms with Crippen LogP contribution in [0.2, 0.25) is 0 Å². The number of fused-ring (bicyclic) bond motifs is 1. The van der Waals surface area contributed by atoms with Crippen molar-refractivity contribution < 1.29 is 9.84 Å². The number of benzene rings is 1. The van der Waals surface area contributed by atoms with E-state index >= 15 is 0 Å². The Morgan fingerprint density at radius 2 is 2.29 bits per heavy atom. The van der Waals surface area contributed by atoms with E-state index in [4.69, 9.17) is 4.74 Å². The molecule has 112 valence electrons. The van der Waals surface area contributed by atoms with Gasteiger partial charge in [0.25, 0.3) is 0 Å². The zero-order valence-electron chi connectivity index (χ0n) is 12.3. The second-order valence-electron chi connectivity index (χ2n) is 5.58. The molecular formula is C16H19BrN2O2. The summed E-state index contributed by atoms with van der Waals surface area (Å²) in [7, 11) is 1.67. The molecule has 1 aromatic heterocycles. The van der Waals surface area contributed by atoms with Gasteiger partial charge in [-0.2, -0.15) is 5.10 Å². The molecule has 0 spiro atoms. The minimum atomic E-state index is -0.982. The van der Waals surface area contributed by atoms with Gasteiger partial charge < -0.3 is 9.84 Å². The van der Waals surface area contributed by atoms with Crippen molar-refractivity contribution in [2.75, 3.05) is 13.7 Å². The van der Waals surface area contributed by atoms with Crippen LogP contribution in [0.1, 0.15) is 28.8 Å². The Bertz CT molecular complexity index is 668. The van der Waals surface area contributed by atoms with Crippen LogP contribution >= 0.6 is 15.9 Å². The molecule has 4 nitrogen and oxygen atoms in total. The SMILES string of the molecule is COCCn1ncc(Br)c1C1(O)CCc2ccc(C)cc21. The summed E-state index contributed by atoms with van der Waals surface area (Å²) in [5.41, 5.74) is 3.22. The maximum absolute atomic E-state index is 11.4. The van der Waals surface area contributed by atoms with Crippen LogP contribution in [0.15, 0.2) is 28.9 Å². The van der Waals surface area contributed by atoms with Crippen molar-refractivity contribution in [3.8, 4) is 0 Å². The van der Waals surface area contributed by atoms with Gasteiger partial charge in [-0.15, -0.1) is 0 Å². The monoisotopic (exact) mass is 350 g/mol. The summed E-state index contributed by atoms with van der Waals surface area (Å²) in [6.45, 7) is 3.25. The molecule has 2 aromatic rings. The topological polar surface area (TPSA) is 47.3 Å². The van der Waals surface area contributed by atoms with Gasteiger partial charge in [0.1, 0.15) is 5.60 Å². The van der Waals surface area contributed by atoms with Gasteiger partial charge in [0.2, 0.25) is 0 Å². The summed E-state index contributed by atoms with van der Waals surface area (Å²) in [6.07, 6.45) is 3.31. The maximum Gasteiger partial charge on any atom is 0.133 e. The lowest BCUT2D eigenvalue weighted by molar-refractivity contribution is 0.0695. The molecule has 1 heterocycles. The first-order valence-corrected chi connectivity index (χ1v) is 7.88. The third-order valence-electron chi connectivity index (χ3n) is 4.16. The predicted molar refractivity (Wildman–Crippen MR) is 84.3 cm³/mol. The summed E-state index contributed by atoms with van der Waals surface area (Å²) >= 11 is 3.54. The second kappa shape index (κ2) is 5.55. The molecule has 0 bridgehead atoms. The Labute approximate surface area is 132 Å². The summed E-state index contributed by atoms with van der Waals surface area (Å²) < 4.78 is 7.82. The molecule has 0 radical (unpaired) electrons. The molecule has 0 aliphatic heterocycles. The normalized spacial score (nSPS) is 20.8. The van der Waals surface area contributed by atoms with Crippen LogP contribution in [0, 0.1) is 6.92 Å². The number of hydrogen-bond donors (Lipinski definition) is 1. The summed E-state index contributed by atoms with van der Waals surface area (Å²) in [5.74, 6) is 0. The number of methoxy groups -OCH3 is 1. The lowest BCUT2D eigenvalue weighted by Crippen LogP contribution is -2.29. The molecule has 0 fully saturated rings. The van der Waals surface area contributed by atoms with E-state index in [9.17, 15) is 5.11 Å². The van der Waals surface area contributed by atoms with Crippen molar-refractivity contribution in [3.63, 3.8) is 0 Å². The minimum absolute atomic E-state index is 0.567. The van der Waals surface area contributed by atoms with E-state index in [1.807, 2.05) is 4.68 Å². The lowest BCUT2D eigenvalue weighted by Gasteiger charge is -2.26. The Balaban J connectivity index is 2.09. The van der Waals surface area contributed by atoms with Gasteiger partial charge in [0, 0.05) is 7.11 Å². The molecule has 0 amide bonds. The van der Waals surface area contributed by atoms with E-state index in [2.05, 4.69) is 46.2 Å². The molecule has 1 atom stereocenters. The van der Waals surface area contributed by atoms with Crippen molar-refractivity contribution in [3.05, 3.63) is 51.3 Å². The first kappa shape index (κ1) is 14.8. The Kier molecular flexibility index (Phi) is 3.90. The lowest BCUT2D eigenvalue weighted by atomic mass is 9.91. The number of rotatable bonds is 4. The van der Waals surface area contributed by atoms with Gasteiger partial charge in [-0.3, -0.25) is 4.68 Å². The minimum Gasteiger partial charge on any atom is -0.383 e. The van der Waals surface area contributed by atoms with Crippen molar-refractivity contribution >= 4 is 15.9 Å². The number of ether oxygens (including phenoxy) is 1. The molecule has 0 saturated heterocycles. The van der Waals surface area contributed by atoms with E-state index < -0.39 is 5.60 Å². The van der Waals surface area contributed by atoms with Gasteiger partial charge in [-0.25, -0.2) is 0 Å². The molecule has 1 unspecified atom stereocenters. The maximum atomic E-state index is 11.4. The molecule has 1 N–H and O–H groups in total. The van der Waals surface area contributed by atoms with Crippen molar-refractivity contribution in [2.45, 2.75) is 31.9 Å². The van der Waals surface area contributed by atoms with E-state index in [1.54, 1.807) is 13.3 Å². The number of nitrogens with zero attached hydrogens (tertiary/aromatic N) is 2.